The summed E-state index contributed by atoms with van der Waals surface area (Å²) in [7, 11) is 0. The second-order valence-corrected chi connectivity index (χ2v) is 4.18. The van der Waals surface area contributed by atoms with E-state index in [1.165, 1.54) is 0 Å². The van der Waals surface area contributed by atoms with Crippen molar-refractivity contribution in [2.75, 3.05) is 25.1 Å². The van der Waals surface area contributed by atoms with Gasteiger partial charge < -0.3 is 14.8 Å². The summed E-state index contributed by atoms with van der Waals surface area (Å²) in [6.45, 7) is 5.25. The van der Waals surface area contributed by atoms with Gasteiger partial charge in [0.25, 0.3) is 0 Å². The number of hydrogen-bond acceptors (Lipinski definition) is 4. The largest absolute Gasteiger partial charge is 0.463 e. The Kier molecular flexibility index (Phi) is 6.87. The van der Waals surface area contributed by atoms with Gasteiger partial charge >= 0.3 is 5.97 Å². The number of rotatable bonds is 8. The average Bonchev–Trinajstić information content (AvgIpc) is 2.36. The van der Waals surface area contributed by atoms with Gasteiger partial charge in [0.2, 0.25) is 0 Å². The molecule has 1 aromatic rings. The molecule has 0 unspecified atom stereocenters. The molecule has 0 aromatic heterocycles. The Morgan fingerprint density at radius 1 is 1.22 bits per heavy atom. The van der Waals surface area contributed by atoms with E-state index in [4.69, 9.17) is 9.47 Å². The first-order valence-electron chi connectivity index (χ1n) is 6.24. The maximum absolute atomic E-state index is 11.4. The van der Waals surface area contributed by atoms with E-state index >= 15 is 0 Å². The molecule has 18 heavy (non-hydrogen) atoms. The van der Waals surface area contributed by atoms with Crippen molar-refractivity contribution in [1.29, 1.82) is 0 Å². The minimum Gasteiger partial charge on any atom is -0.463 e. The van der Waals surface area contributed by atoms with E-state index in [-0.39, 0.29) is 12.1 Å². The molecule has 1 rings (SSSR count). The monoisotopic (exact) mass is 251 g/mol. The Hall–Kier alpha value is -1.55. The number of para-hydroxylation sites is 1. The lowest BCUT2D eigenvalue weighted by Gasteiger charge is -2.09. The number of benzene rings is 1. The maximum atomic E-state index is 11.4. The van der Waals surface area contributed by atoms with E-state index < -0.39 is 0 Å². The van der Waals surface area contributed by atoms with E-state index in [1.807, 2.05) is 44.2 Å². The molecule has 0 aliphatic rings. The zero-order valence-corrected chi connectivity index (χ0v) is 11.0. The highest BCUT2D eigenvalue weighted by atomic mass is 16.6. The van der Waals surface area contributed by atoms with Crippen molar-refractivity contribution in [1.82, 2.24) is 0 Å². The van der Waals surface area contributed by atoms with Gasteiger partial charge in [-0.25, -0.2) is 0 Å². The van der Waals surface area contributed by atoms with Crippen LogP contribution in [0, 0.1) is 0 Å². The van der Waals surface area contributed by atoms with Crippen LogP contribution in [0.1, 0.15) is 20.3 Å². The SMILES string of the molecule is CC(C)OCCOC(=O)CCNc1ccccc1. The van der Waals surface area contributed by atoms with Gasteiger partial charge in [-0.05, 0) is 26.0 Å². The molecule has 0 atom stereocenters. The fourth-order valence-corrected chi connectivity index (χ4v) is 1.38. The van der Waals surface area contributed by atoms with Crippen molar-refractivity contribution in [2.45, 2.75) is 26.4 Å². The number of anilines is 1. The third-order valence-electron chi connectivity index (χ3n) is 2.23. The Balaban J connectivity index is 2.03. The Labute approximate surface area is 108 Å². The second-order valence-electron chi connectivity index (χ2n) is 4.18. The first-order valence-corrected chi connectivity index (χ1v) is 6.24. The topological polar surface area (TPSA) is 47.6 Å². The van der Waals surface area contributed by atoms with Crippen molar-refractivity contribution >= 4 is 11.7 Å². The highest BCUT2D eigenvalue weighted by molar-refractivity contribution is 5.70. The molecule has 4 nitrogen and oxygen atoms in total. The molecule has 0 fully saturated rings. The van der Waals surface area contributed by atoms with Crippen LogP contribution >= 0.6 is 0 Å². The van der Waals surface area contributed by atoms with Crippen LogP contribution in [0.3, 0.4) is 0 Å². The van der Waals surface area contributed by atoms with Crippen molar-refractivity contribution in [3.8, 4) is 0 Å². The van der Waals surface area contributed by atoms with Crippen LogP contribution < -0.4 is 5.32 Å². The predicted octanol–water partition coefficient (Wildman–Crippen LogP) is 2.46. The van der Waals surface area contributed by atoms with Crippen molar-refractivity contribution in [3.63, 3.8) is 0 Å². The maximum Gasteiger partial charge on any atom is 0.307 e. The van der Waals surface area contributed by atoms with Gasteiger partial charge in [0.1, 0.15) is 6.61 Å². The molecule has 0 amide bonds. The third-order valence-corrected chi connectivity index (χ3v) is 2.23. The molecule has 0 heterocycles. The average molecular weight is 251 g/mol. The van der Waals surface area contributed by atoms with Gasteiger partial charge in [-0.15, -0.1) is 0 Å². The van der Waals surface area contributed by atoms with Crippen LogP contribution in [0.4, 0.5) is 5.69 Å². The van der Waals surface area contributed by atoms with Gasteiger partial charge in [-0.3, -0.25) is 4.79 Å². The van der Waals surface area contributed by atoms with Crippen molar-refractivity contribution in [2.24, 2.45) is 0 Å². The number of ether oxygens (including phenoxy) is 2. The first kappa shape index (κ1) is 14.5. The lowest BCUT2D eigenvalue weighted by molar-refractivity contribution is -0.145. The quantitative estimate of drug-likeness (QED) is 0.569. The minimum atomic E-state index is -0.203. The van der Waals surface area contributed by atoms with Gasteiger partial charge in [0, 0.05) is 12.2 Å². The minimum absolute atomic E-state index is 0.170. The third kappa shape index (κ3) is 6.91. The van der Waals surface area contributed by atoms with Crippen LogP contribution in [-0.4, -0.2) is 31.8 Å². The lowest BCUT2D eigenvalue weighted by atomic mass is 10.3. The summed E-state index contributed by atoms with van der Waals surface area (Å²) in [6.07, 6.45) is 0.528. The van der Waals surface area contributed by atoms with E-state index in [2.05, 4.69) is 5.32 Å². The first-order chi connectivity index (χ1) is 8.68. The summed E-state index contributed by atoms with van der Waals surface area (Å²) in [4.78, 5) is 11.4. The summed E-state index contributed by atoms with van der Waals surface area (Å²) in [5.41, 5.74) is 1.01. The molecule has 1 N–H and O–H groups in total. The van der Waals surface area contributed by atoms with Crippen molar-refractivity contribution < 1.29 is 14.3 Å². The molecular weight excluding hydrogens is 230 g/mol. The van der Waals surface area contributed by atoms with Crippen LogP contribution in [0.15, 0.2) is 30.3 Å². The molecular formula is C14H21NO3. The molecule has 0 aliphatic heterocycles. The van der Waals surface area contributed by atoms with Gasteiger partial charge in [-0.1, -0.05) is 18.2 Å². The lowest BCUT2D eigenvalue weighted by Crippen LogP contribution is -2.15. The fraction of sp³-hybridized carbons (Fsp3) is 0.500. The molecule has 0 bridgehead atoms. The molecule has 0 saturated heterocycles. The molecule has 0 spiro atoms. The van der Waals surface area contributed by atoms with E-state index in [0.717, 1.165) is 5.69 Å². The molecule has 0 radical (unpaired) electrons. The smallest absolute Gasteiger partial charge is 0.307 e. The van der Waals surface area contributed by atoms with Gasteiger partial charge in [-0.2, -0.15) is 0 Å². The summed E-state index contributed by atoms with van der Waals surface area (Å²) < 4.78 is 10.3. The van der Waals surface area contributed by atoms with Gasteiger partial charge in [0.05, 0.1) is 19.1 Å². The number of carbonyl (C=O) groups excluding carboxylic acids is 1. The van der Waals surface area contributed by atoms with E-state index in [0.29, 0.717) is 26.2 Å². The highest BCUT2D eigenvalue weighted by Gasteiger charge is 2.02. The van der Waals surface area contributed by atoms with Crippen LogP contribution in [0.2, 0.25) is 0 Å². The Morgan fingerprint density at radius 3 is 2.61 bits per heavy atom. The standard InChI is InChI=1S/C14H21NO3/c1-12(2)17-10-11-18-14(16)8-9-15-13-6-4-3-5-7-13/h3-7,12,15H,8-11H2,1-2H3. The highest BCUT2D eigenvalue weighted by Crippen LogP contribution is 2.04. The zero-order valence-electron chi connectivity index (χ0n) is 11.0. The summed E-state index contributed by atoms with van der Waals surface area (Å²) >= 11 is 0. The molecule has 1 aromatic carbocycles. The molecule has 0 aliphatic carbocycles. The second kappa shape index (κ2) is 8.53. The summed E-state index contributed by atoms with van der Waals surface area (Å²) in [5.74, 6) is -0.203. The molecule has 100 valence electrons. The van der Waals surface area contributed by atoms with Crippen LogP contribution in [0.25, 0.3) is 0 Å². The van der Waals surface area contributed by atoms with E-state index in [1.54, 1.807) is 0 Å². The predicted molar refractivity (Wildman–Crippen MR) is 71.6 cm³/mol. The fourth-order valence-electron chi connectivity index (χ4n) is 1.38. The summed E-state index contributed by atoms with van der Waals surface area (Å²) in [5, 5.41) is 3.15. The zero-order chi connectivity index (χ0) is 13.2. The van der Waals surface area contributed by atoms with Gasteiger partial charge in [0.15, 0.2) is 0 Å². The van der Waals surface area contributed by atoms with Crippen LogP contribution in [-0.2, 0) is 14.3 Å². The number of carbonyl (C=O) groups is 1. The van der Waals surface area contributed by atoms with E-state index in [9.17, 15) is 4.79 Å². The number of nitrogens with one attached hydrogen (secondary N) is 1. The normalized spacial score (nSPS) is 10.4. The molecule has 4 heteroatoms. The summed E-state index contributed by atoms with van der Waals surface area (Å²) in [6, 6.07) is 9.77. The van der Waals surface area contributed by atoms with Crippen molar-refractivity contribution in [3.05, 3.63) is 30.3 Å². The molecule has 0 saturated carbocycles. The Bertz CT molecular complexity index is 338. The Morgan fingerprint density at radius 2 is 1.94 bits per heavy atom. The van der Waals surface area contributed by atoms with Crippen LogP contribution in [0.5, 0.6) is 0 Å². The number of esters is 1. The number of hydrogen-bond donors (Lipinski definition) is 1.